The summed E-state index contributed by atoms with van der Waals surface area (Å²) in [5.74, 6) is -0.470. The Morgan fingerprint density at radius 3 is 3.00 bits per heavy atom. The van der Waals surface area contributed by atoms with Crippen LogP contribution < -0.4 is 0 Å². The van der Waals surface area contributed by atoms with Gasteiger partial charge in [-0.2, -0.15) is 0 Å². The van der Waals surface area contributed by atoms with E-state index in [0.29, 0.717) is 29.6 Å². The number of carbonyl (C=O) groups is 2. The van der Waals surface area contributed by atoms with Gasteiger partial charge in [0.2, 0.25) is 0 Å². The van der Waals surface area contributed by atoms with Crippen LogP contribution in [-0.2, 0) is 9.53 Å². The molecular weight excluding hydrogens is 324 g/mol. The number of pyridine rings is 1. The Morgan fingerprint density at radius 1 is 1.50 bits per heavy atom. The molecular formula is C14H17BrN2O3. The summed E-state index contributed by atoms with van der Waals surface area (Å²) in [7, 11) is 0. The molecule has 1 aromatic heterocycles. The average Bonchev–Trinajstić information content (AvgIpc) is 2.47. The monoisotopic (exact) mass is 340 g/mol. The van der Waals surface area contributed by atoms with Gasteiger partial charge in [0.25, 0.3) is 5.91 Å². The Kier molecular flexibility index (Phi) is 5.11. The zero-order valence-corrected chi connectivity index (χ0v) is 12.9. The third kappa shape index (κ3) is 3.17. The number of hydrogen-bond acceptors (Lipinski definition) is 4. The number of hydrogen-bond donors (Lipinski definition) is 0. The van der Waals surface area contributed by atoms with Crippen LogP contribution >= 0.6 is 15.9 Å². The lowest BCUT2D eigenvalue weighted by Crippen LogP contribution is -2.48. The minimum absolute atomic E-state index is 0.156. The minimum atomic E-state index is -0.476. The van der Waals surface area contributed by atoms with Crippen molar-refractivity contribution in [2.45, 2.75) is 32.2 Å². The second kappa shape index (κ2) is 6.83. The summed E-state index contributed by atoms with van der Waals surface area (Å²) in [5.41, 5.74) is 0.524. The lowest BCUT2D eigenvalue weighted by Gasteiger charge is -2.34. The fourth-order valence-electron chi connectivity index (χ4n) is 2.36. The van der Waals surface area contributed by atoms with E-state index in [2.05, 4.69) is 20.9 Å². The van der Waals surface area contributed by atoms with Gasteiger partial charge in [-0.25, -0.2) is 4.79 Å². The highest BCUT2D eigenvalue weighted by atomic mass is 79.9. The number of nitrogens with zero attached hydrogens (tertiary/aromatic N) is 2. The number of halogens is 1. The lowest BCUT2D eigenvalue weighted by atomic mass is 10.0. The first-order valence-corrected chi connectivity index (χ1v) is 7.51. The van der Waals surface area contributed by atoms with Crippen molar-refractivity contribution >= 4 is 27.8 Å². The molecule has 20 heavy (non-hydrogen) atoms. The van der Waals surface area contributed by atoms with Crippen molar-refractivity contribution in [2.24, 2.45) is 0 Å². The van der Waals surface area contributed by atoms with Crippen molar-refractivity contribution in [1.29, 1.82) is 0 Å². The van der Waals surface area contributed by atoms with Crippen LogP contribution in [0.25, 0.3) is 0 Å². The highest BCUT2D eigenvalue weighted by Gasteiger charge is 2.34. The van der Waals surface area contributed by atoms with Crippen LogP contribution in [0.4, 0.5) is 0 Å². The molecule has 2 heterocycles. The molecule has 0 radical (unpaired) electrons. The Morgan fingerprint density at radius 2 is 2.30 bits per heavy atom. The zero-order chi connectivity index (χ0) is 14.5. The summed E-state index contributed by atoms with van der Waals surface area (Å²) < 4.78 is 5.71. The van der Waals surface area contributed by atoms with E-state index >= 15 is 0 Å². The van der Waals surface area contributed by atoms with Crippen molar-refractivity contribution in [3.8, 4) is 0 Å². The highest BCUT2D eigenvalue weighted by Crippen LogP contribution is 2.23. The maximum Gasteiger partial charge on any atom is 0.328 e. The first-order valence-electron chi connectivity index (χ1n) is 6.72. The maximum absolute atomic E-state index is 12.6. The number of likely N-dealkylation sites (tertiary alicyclic amines) is 1. The van der Waals surface area contributed by atoms with Crippen LogP contribution in [0.15, 0.2) is 22.9 Å². The van der Waals surface area contributed by atoms with Gasteiger partial charge in [-0.05, 0) is 48.2 Å². The molecule has 0 saturated carbocycles. The van der Waals surface area contributed by atoms with E-state index in [1.165, 1.54) is 0 Å². The molecule has 0 aliphatic carbocycles. The fraction of sp³-hybridized carbons (Fsp3) is 0.500. The van der Waals surface area contributed by atoms with Crippen LogP contribution in [0, 0.1) is 0 Å². The van der Waals surface area contributed by atoms with Crippen LogP contribution in [0.2, 0.25) is 0 Å². The Balaban J connectivity index is 2.22. The molecule has 1 amide bonds. The second-order valence-electron chi connectivity index (χ2n) is 4.62. The second-order valence-corrected chi connectivity index (χ2v) is 5.47. The van der Waals surface area contributed by atoms with Gasteiger partial charge >= 0.3 is 5.97 Å². The maximum atomic E-state index is 12.6. The van der Waals surface area contributed by atoms with Crippen molar-refractivity contribution in [3.63, 3.8) is 0 Å². The van der Waals surface area contributed by atoms with Crippen molar-refractivity contribution < 1.29 is 14.3 Å². The summed E-state index contributed by atoms with van der Waals surface area (Å²) in [6.07, 6.45) is 5.65. The van der Waals surface area contributed by atoms with E-state index in [1.807, 2.05) is 0 Å². The molecule has 0 bridgehead atoms. The van der Waals surface area contributed by atoms with E-state index in [1.54, 1.807) is 30.3 Å². The quantitative estimate of drug-likeness (QED) is 0.792. The highest BCUT2D eigenvalue weighted by molar-refractivity contribution is 9.10. The number of ether oxygens (including phenoxy) is 1. The number of amides is 1. The number of aromatic nitrogens is 1. The first-order chi connectivity index (χ1) is 9.65. The topological polar surface area (TPSA) is 59.5 Å². The molecule has 0 N–H and O–H groups in total. The van der Waals surface area contributed by atoms with Gasteiger partial charge in [-0.1, -0.05) is 0 Å². The molecule has 5 nitrogen and oxygen atoms in total. The fourth-order valence-corrected chi connectivity index (χ4v) is 2.78. The number of carbonyl (C=O) groups excluding carboxylic acids is 2. The van der Waals surface area contributed by atoms with Gasteiger partial charge in [0, 0.05) is 23.4 Å². The molecule has 0 spiro atoms. The van der Waals surface area contributed by atoms with Crippen molar-refractivity contribution in [2.75, 3.05) is 13.2 Å². The van der Waals surface area contributed by atoms with E-state index < -0.39 is 6.04 Å². The first kappa shape index (κ1) is 15.0. The molecule has 6 heteroatoms. The van der Waals surface area contributed by atoms with E-state index in [4.69, 9.17) is 4.74 Å². The zero-order valence-electron chi connectivity index (χ0n) is 11.3. The number of esters is 1. The van der Waals surface area contributed by atoms with Crippen LogP contribution in [-0.4, -0.2) is 41.0 Å². The van der Waals surface area contributed by atoms with Gasteiger partial charge in [0.15, 0.2) is 0 Å². The molecule has 1 saturated heterocycles. The molecule has 1 aliphatic rings. The SMILES string of the molecule is CCOC(=O)[C@@H]1CCCCN1C(=O)c1ccncc1Br. The van der Waals surface area contributed by atoms with Gasteiger partial charge in [-0.15, -0.1) is 0 Å². The molecule has 1 atom stereocenters. The molecule has 0 aromatic carbocycles. The average molecular weight is 341 g/mol. The Bertz CT molecular complexity index is 507. The largest absolute Gasteiger partial charge is 0.464 e. The van der Waals surface area contributed by atoms with E-state index in [0.717, 1.165) is 12.8 Å². The number of rotatable bonds is 3. The van der Waals surface area contributed by atoms with Crippen LogP contribution in [0.3, 0.4) is 0 Å². The van der Waals surface area contributed by atoms with Crippen LogP contribution in [0.1, 0.15) is 36.5 Å². The molecule has 1 aromatic rings. The molecule has 108 valence electrons. The molecule has 1 fully saturated rings. The summed E-state index contributed by atoms with van der Waals surface area (Å²) in [4.78, 5) is 30.1. The predicted octanol–water partition coefficient (Wildman–Crippen LogP) is 2.40. The normalized spacial score (nSPS) is 18.7. The van der Waals surface area contributed by atoms with Gasteiger partial charge in [0.1, 0.15) is 6.04 Å². The number of piperidine rings is 1. The van der Waals surface area contributed by atoms with Crippen LogP contribution in [0.5, 0.6) is 0 Å². The van der Waals surface area contributed by atoms with Gasteiger partial charge in [-0.3, -0.25) is 9.78 Å². The summed E-state index contributed by atoms with van der Waals surface area (Å²) in [6.45, 7) is 2.68. The smallest absolute Gasteiger partial charge is 0.328 e. The minimum Gasteiger partial charge on any atom is -0.464 e. The molecule has 0 unspecified atom stereocenters. The van der Waals surface area contributed by atoms with Crippen molar-refractivity contribution in [3.05, 3.63) is 28.5 Å². The third-order valence-electron chi connectivity index (χ3n) is 3.33. The van der Waals surface area contributed by atoms with Gasteiger partial charge < -0.3 is 9.64 Å². The predicted molar refractivity (Wildman–Crippen MR) is 77.2 cm³/mol. The Hall–Kier alpha value is -1.43. The molecule has 2 rings (SSSR count). The van der Waals surface area contributed by atoms with E-state index in [-0.39, 0.29) is 11.9 Å². The summed E-state index contributed by atoms with van der Waals surface area (Å²) in [5, 5.41) is 0. The van der Waals surface area contributed by atoms with Gasteiger partial charge in [0.05, 0.1) is 12.2 Å². The Labute approximate surface area is 126 Å². The van der Waals surface area contributed by atoms with E-state index in [9.17, 15) is 9.59 Å². The summed E-state index contributed by atoms with van der Waals surface area (Å²) >= 11 is 3.33. The standard InChI is InChI=1S/C14H17BrN2O3/c1-2-20-14(19)12-5-3-4-8-17(12)13(18)10-6-7-16-9-11(10)15/h6-7,9,12H,2-5,8H2,1H3/t12-/m0/s1. The molecule has 1 aliphatic heterocycles. The lowest BCUT2D eigenvalue weighted by molar-refractivity contribution is -0.149. The van der Waals surface area contributed by atoms with Crippen molar-refractivity contribution in [1.82, 2.24) is 9.88 Å². The third-order valence-corrected chi connectivity index (χ3v) is 3.96. The summed E-state index contributed by atoms with van der Waals surface area (Å²) in [6, 6.07) is 1.18.